The first-order valence-electron chi connectivity index (χ1n) is 10.0. The zero-order chi connectivity index (χ0) is 19.2. The molecule has 0 spiro atoms. The van der Waals surface area contributed by atoms with Crippen LogP contribution in [0.3, 0.4) is 0 Å². The molecule has 0 saturated heterocycles. The van der Waals surface area contributed by atoms with Gasteiger partial charge in [0.05, 0.1) is 36.7 Å². The molecule has 0 bridgehead atoms. The van der Waals surface area contributed by atoms with Crippen LogP contribution in [-0.2, 0) is 17.7 Å². The quantitative estimate of drug-likeness (QED) is 0.865. The van der Waals surface area contributed by atoms with Crippen LogP contribution in [0.4, 0.5) is 0 Å². The van der Waals surface area contributed by atoms with E-state index in [1.165, 1.54) is 28.0 Å². The van der Waals surface area contributed by atoms with Crippen LogP contribution in [0.15, 0.2) is 36.0 Å². The SMILES string of the molecule is Cc1ccc(Cn2ncc3c2C=C2CCC(OC(C)C(C)O)C2(C)C3)cc1. The van der Waals surface area contributed by atoms with Gasteiger partial charge in [-0.3, -0.25) is 4.68 Å². The van der Waals surface area contributed by atoms with E-state index in [0.29, 0.717) is 0 Å². The number of hydrogen-bond donors (Lipinski definition) is 1. The van der Waals surface area contributed by atoms with Gasteiger partial charge in [-0.15, -0.1) is 0 Å². The summed E-state index contributed by atoms with van der Waals surface area (Å²) in [7, 11) is 0. The topological polar surface area (TPSA) is 47.3 Å². The number of rotatable bonds is 5. The molecule has 1 N–H and O–H groups in total. The highest BCUT2D eigenvalue weighted by molar-refractivity contribution is 5.60. The van der Waals surface area contributed by atoms with E-state index < -0.39 is 6.10 Å². The molecule has 4 nitrogen and oxygen atoms in total. The molecule has 0 radical (unpaired) electrons. The maximum atomic E-state index is 9.83. The van der Waals surface area contributed by atoms with Crippen LogP contribution < -0.4 is 0 Å². The first-order chi connectivity index (χ1) is 12.9. The van der Waals surface area contributed by atoms with Gasteiger partial charge in [0.15, 0.2) is 0 Å². The highest BCUT2D eigenvalue weighted by Crippen LogP contribution is 2.51. The number of ether oxygens (including phenoxy) is 1. The Morgan fingerprint density at radius 3 is 2.74 bits per heavy atom. The lowest BCUT2D eigenvalue weighted by Crippen LogP contribution is -2.38. The van der Waals surface area contributed by atoms with E-state index in [1.54, 1.807) is 6.92 Å². The van der Waals surface area contributed by atoms with Gasteiger partial charge in [-0.25, -0.2) is 0 Å². The standard InChI is InChI=1S/C23H30N2O2/c1-15-5-7-18(8-6-15)14-25-21-11-20-9-10-22(27-17(3)16(2)26)23(20,4)12-19(21)13-24-25/h5-8,11,13,16-17,22,26H,9-10,12,14H2,1-4H3. The number of hydrogen-bond acceptors (Lipinski definition) is 3. The predicted octanol–water partition coefficient (Wildman–Crippen LogP) is 4.13. The summed E-state index contributed by atoms with van der Waals surface area (Å²) in [6, 6.07) is 8.67. The van der Waals surface area contributed by atoms with E-state index in [-0.39, 0.29) is 17.6 Å². The van der Waals surface area contributed by atoms with Crippen molar-refractivity contribution < 1.29 is 9.84 Å². The van der Waals surface area contributed by atoms with E-state index >= 15 is 0 Å². The van der Waals surface area contributed by atoms with Crippen molar-refractivity contribution in [2.45, 2.75) is 71.8 Å². The second-order valence-electron chi connectivity index (χ2n) is 8.57. The molecule has 1 aromatic carbocycles. The summed E-state index contributed by atoms with van der Waals surface area (Å²) in [6.07, 6.45) is 6.97. The van der Waals surface area contributed by atoms with Gasteiger partial charge in [-0.05, 0) is 57.2 Å². The van der Waals surface area contributed by atoms with Crippen molar-refractivity contribution in [3.05, 3.63) is 58.4 Å². The van der Waals surface area contributed by atoms with E-state index in [9.17, 15) is 5.11 Å². The number of nitrogens with zero attached hydrogens (tertiary/aromatic N) is 2. The summed E-state index contributed by atoms with van der Waals surface area (Å²) in [6.45, 7) is 8.98. The van der Waals surface area contributed by atoms with Crippen LogP contribution in [0.2, 0.25) is 0 Å². The molecule has 4 atom stereocenters. The van der Waals surface area contributed by atoms with Crippen LogP contribution in [0.25, 0.3) is 6.08 Å². The van der Waals surface area contributed by atoms with E-state index in [0.717, 1.165) is 25.8 Å². The summed E-state index contributed by atoms with van der Waals surface area (Å²) in [4.78, 5) is 0. The van der Waals surface area contributed by atoms with Crippen LogP contribution >= 0.6 is 0 Å². The minimum atomic E-state index is -0.446. The second-order valence-corrected chi connectivity index (χ2v) is 8.57. The highest BCUT2D eigenvalue weighted by atomic mass is 16.5. The molecule has 4 rings (SSSR count). The van der Waals surface area contributed by atoms with Crippen molar-refractivity contribution in [1.82, 2.24) is 9.78 Å². The largest absolute Gasteiger partial charge is 0.391 e. The van der Waals surface area contributed by atoms with E-state index in [1.807, 2.05) is 13.1 Å². The number of fused-ring (bicyclic) bond motifs is 2. The van der Waals surface area contributed by atoms with Gasteiger partial charge in [0.2, 0.25) is 0 Å². The fourth-order valence-corrected chi connectivity index (χ4v) is 4.44. The van der Waals surface area contributed by atoms with Crippen molar-refractivity contribution in [3.63, 3.8) is 0 Å². The van der Waals surface area contributed by atoms with Crippen molar-refractivity contribution >= 4 is 6.08 Å². The maximum Gasteiger partial charge on any atom is 0.0807 e. The number of aliphatic hydroxyl groups is 1. The Morgan fingerprint density at radius 2 is 2.04 bits per heavy atom. The number of aryl methyl sites for hydroxylation is 1. The van der Waals surface area contributed by atoms with Crippen molar-refractivity contribution in [2.75, 3.05) is 0 Å². The molecule has 2 aromatic rings. The van der Waals surface area contributed by atoms with Gasteiger partial charge < -0.3 is 9.84 Å². The Hall–Kier alpha value is -1.91. The molecule has 1 heterocycles. The Kier molecular flexibility index (Phi) is 4.73. The smallest absolute Gasteiger partial charge is 0.0807 e. The fraction of sp³-hybridized carbons (Fsp3) is 0.522. The van der Waals surface area contributed by atoms with Crippen LogP contribution in [-0.4, -0.2) is 33.2 Å². The summed E-state index contributed by atoms with van der Waals surface area (Å²) >= 11 is 0. The molecule has 4 unspecified atom stereocenters. The van der Waals surface area contributed by atoms with Gasteiger partial charge >= 0.3 is 0 Å². The van der Waals surface area contributed by atoms with E-state index in [4.69, 9.17) is 4.74 Å². The molecule has 27 heavy (non-hydrogen) atoms. The third-order valence-corrected chi connectivity index (χ3v) is 6.46. The zero-order valence-corrected chi connectivity index (χ0v) is 16.8. The zero-order valence-electron chi connectivity index (χ0n) is 16.8. The Bertz CT molecular complexity index is 850. The summed E-state index contributed by atoms with van der Waals surface area (Å²) in [5.74, 6) is 0. The number of aromatic nitrogens is 2. The van der Waals surface area contributed by atoms with Gasteiger partial charge in [-0.1, -0.05) is 42.3 Å². The molecule has 1 fully saturated rings. The van der Waals surface area contributed by atoms with Crippen molar-refractivity contribution in [2.24, 2.45) is 5.41 Å². The molecule has 0 amide bonds. The summed E-state index contributed by atoms with van der Waals surface area (Å²) in [5, 5.41) is 14.5. The molecular formula is C23H30N2O2. The predicted molar refractivity (Wildman–Crippen MR) is 108 cm³/mol. The lowest BCUT2D eigenvalue weighted by molar-refractivity contribution is -0.0902. The van der Waals surface area contributed by atoms with Gasteiger partial charge in [-0.2, -0.15) is 5.10 Å². The van der Waals surface area contributed by atoms with Crippen LogP contribution in [0.5, 0.6) is 0 Å². The second kappa shape index (κ2) is 6.92. The Labute approximate surface area is 161 Å². The van der Waals surface area contributed by atoms with Gasteiger partial charge in [0.1, 0.15) is 0 Å². The Morgan fingerprint density at radius 1 is 1.30 bits per heavy atom. The van der Waals surface area contributed by atoms with E-state index in [2.05, 4.69) is 54.0 Å². The summed E-state index contributed by atoms with van der Waals surface area (Å²) in [5.41, 5.74) is 6.57. The first-order valence-corrected chi connectivity index (χ1v) is 10.0. The molecule has 1 saturated carbocycles. The lowest BCUT2D eigenvalue weighted by Gasteiger charge is -2.37. The molecule has 4 heteroatoms. The molecule has 144 valence electrons. The lowest BCUT2D eigenvalue weighted by atomic mass is 9.73. The molecular weight excluding hydrogens is 336 g/mol. The van der Waals surface area contributed by atoms with Crippen LogP contribution in [0, 0.1) is 12.3 Å². The number of benzene rings is 1. The monoisotopic (exact) mass is 366 g/mol. The van der Waals surface area contributed by atoms with Gasteiger partial charge in [0.25, 0.3) is 0 Å². The van der Waals surface area contributed by atoms with Crippen LogP contribution in [0.1, 0.15) is 56.0 Å². The number of aliphatic hydroxyl groups excluding tert-OH is 1. The Balaban J connectivity index is 1.57. The highest BCUT2D eigenvalue weighted by Gasteiger charge is 2.47. The maximum absolute atomic E-state index is 9.83. The minimum absolute atomic E-state index is 0.00781. The first kappa shape index (κ1) is 18.5. The van der Waals surface area contributed by atoms with Crippen molar-refractivity contribution in [1.29, 1.82) is 0 Å². The average Bonchev–Trinajstić information content (AvgIpc) is 3.15. The third kappa shape index (κ3) is 3.37. The molecule has 1 aromatic heterocycles. The molecule has 2 aliphatic rings. The average molecular weight is 367 g/mol. The molecule has 2 aliphatic carbocycles. The van der Waals surface area contributed by atoms with Crippen molar-refractivity contribution in [3.8, 4) is 0 Å². The van der Waals surface area contributed by atoms with Gasteiger partial charge in [0, 0.05) is 5.41 Å². The normalized spacial score (nSPS) is 26.3. The molecule has 0 aliphatic heterocycles. The minimum Gasteiger partial charge on any atom is -0.391 e. The third-order valence-electron chi connectivity index (χ3n) is 6.46. The summed E-state index contributed by atoms with van der Waals surface area (Å²) < 4.78 is 8.38. The fourth-order valence-electron chi connectivity index (χ4n) is 4.44.